The lowest BCUT2D eigenvalue weighted by atomic mass is 10.1. The van der Waals surface area contributed by atoms with E-state index in [0.717, 1.165) is 22.4 Å². The quantitative estimate of drug-likeness (QED) is 0.569. The van der Waals surface area contributed by atoms with E-state index in [0.29, 0.717) is 13.0 Å². The first-order valence-corrected chi connectivity index (χ1v) is 10.3. The molecule has 3 aromatic rings. The Labute approximate surface area is 164 Å². The number of aromatic nitrogens is 2. The van der Waals surface area contributed by atoms with E-state index in [1.165, 1.54) is 6.92 Å². The second-order valence-electron chi connectivity index (χ2n) is 6.46. The third kappa shape index (κ3) is 4.77. The molecule has 28 heavy (non-hydrogen) atoms. The molecule has 0 aliphatic heterocycles. The van der Waals surface area contributed by atoms with E-state index in [-0.39, 0.29) is 16.6 Å². The molecule has 0 aliphatic carbocycles. The number of anilines is 1. The van der Waals surface area contributed by atoms with Gasteiger partial charge in [0.1, 0.15) is 0 Å². The summed E-state index contributed by atoms with van der Waals surface area (Å²) in [4.78, 5) is 11.0. The number of benzene rings is 2. The van der Waals surface area contributed by atoms with Crippen molar-refractivity contribution < 1.29 is 13.2 Å². The van der Waals surface area contributed by atoms with Crippen molar-refractivity contribution >= 4 is 21.7 Å². The Hall–Kier alpha value is -3.13. The Morgan fingerprint density at radius 1 is 1.11 bits per heavy atom. The van der Waals surface area contributed by atoms with Crippen molar-refractivity contribution in [2.45, 2.75) is 25.2 Å². The summed E-state index contributed by atoms with van der Waals surface area (Å²) in [7, 11) is -3.75. The van der Waals surface area contributed by atoms with Crippen molar-refractivity contribution in [2.24, 2.45) is 0 Å². The number of H-pyrrole nitrogens is 1. The number of aryl methyl sites for hydroxylation is 1. The zero-order valence-electron chi connectivity index (χ0n) is 15.7. The maximum atomic E-state index is 12.6. The monoisotopic (exact) mass is 398 g/mol. The largest absolute Gasteiger partial charge is 0.356 e. The van der Waals surface area contributed by atoms with E-state index >= 15 is 0 Å². The minimum Gasteiger partial charge on any atom is -0.356 e. The summed E-state index contributed by atoms with van der Waals surface area (Å²) in [5.74, 6) is 0.139. The van der Waals surface area contributed by atoms with Gasteiger partial charge in [-0.2, -0.15) is 5.10 Å². The number of rotatable bonds is 7. The summed E-state index contributed by atoms with van der Waals surface area (Å²) in [6.45, 7) is 3.95. The number of amides is 1. The van der Waals surface area contributed by atoms with Crippen LogP contribution in [0.1, 0.15) is 18.1 Å². The SMILES string of the molecule is CC(=O)NCCc1ccc(S(=O)(=O)Nc2cc(-c3ccccc3C)[nH]n2)cc1. The number of hydrogen-bond acceptors (Lipinski definition) is 4. The number of carbonyl (C=O) groups is 1. The van der Waals surface area contributed by atoms with Gasteiger partial charge in [0.05, 0.1) is 10.6 Å². The summed E-state index contributed by atoms with van der Waals surface area (Å²) in [6.07, 6.45) is 0.631. The van der Waals surface area contributed by atoms with Crippen molar-refractivity contribution in [3.8, 4) is 11.3 Å². The second kappa shape index (κ2) is 8.26. The lowest BCUT2D eigenvalue weighted by molar-refractivity contribution is -0.118. The Bertz CT molecular complexity index is 1070. The molecule has 0 unspecified atom stereocenters. The van der Waals surface area contributed by atoms with Gasteiger partial charge in [0, 0.05) is 25.1 Å². The van der Waals surface area contributed by atoms with Gasteiger partial charge in [-0.15, -0.1) is 0 Å². The molecule has 8 heteroatoms. The van der Waals surface area contributed by atoms with Crippen molar-refractivity contribution in [1.82, 2.24) is 15.5 Å². The van der Waals surface area contributed by atoms with E-state index in [4.69, 9.17) is 0 Å². The smallest absolute Gasteiger partial charge is 0.263 e. The average Bonchev–Trinajstić information content (AvgIpc) is 3.10. The van der Waals surface area contributed by atoms with Gasteiger partial charge >= 0.3 is 0 Å². The summed E-state index contributed by atoms with van der Waals surface area (Å²) in [5.41, 5.74) is 3.71. The Morgan fingerprint density at radius 2 is 1.82 bits per heavy atom. The molecule has 0 fully saturated rings. The van der Waals surface area contributed by atoms with Crippen LogP contribution in [0, 0.1) is 6.92 Å². The fourth-order valence-electron chi connectivity index (χ4n) is 2.80. The van der Waals surface area contributed by atoms with Crippen molar-refractivity contribution in [3.05, 3.63) is 65.7 Å². The highest BCUT2D eigenvalue weighted by molar-refractivity contribution is 7.92. The molecule has 3 N–H and O–H groups in total. The van der Waals surface area contributed by atoms with E-state index < -0.39 is 10.0 Å². The number of hydrogen-bond donors (Lipinski definition) is 3. The molecule has 7 nitrogen and oxygen atoms in total. The Kier molecular flexibility index (Phi) is 5.79. The molecule has 0 bridgehead atoms. The molecule has 1 aromatic heterocycles. The molecule has 1 amide bonds. The molecule has 0 spiro atoms. The third-order valence-corrected chi connectivity index (χ3v) is 5.64. The van der Waals surface area contributed by atoms with Crippen LogP contribution < -0.4 is 10.0 Å². The number of aromatic amines is 1. The third-order valence-electron chi connectivity index (χ3n) is 4.27. The average molecular weight is 398 g/mol. The molecule has 0 saturated heterocycles. The predicted octanol–water partition coefficient (Wildman–Crippen LogP) is 2.86. The van der Waals surface area contributed by atoms with Crippen molar-refractivity contribution in [2.75, 3.05) is 11.3 Å². The van der Waals surface area contributed by atoms with Crippen molar-refractivity contribution in [1.29, 1.82) is 0 Å². The van der Waals surface area contributed by atoms with E-state index in [2.05, 4.69) is 20.2 Å². The van der Waals surface area contributed by atoms with Gasteiger partial charge in [0.25, 0.3) is 10.0 Å². The van der Waals surface area contributed by atoms with Gasteiger partial charge in [0.2, 0.25) is 5.91 Å². The first-order chi connectivity index (χ1) is 13.3. The molecule has 1 heterocycles. The number of sulfonamides is 1. The van der Waals surface area contributed by atoms with E-state index in [1.807, 2.05) is 31.2 Å². The number of nitrogens with zero attached hydrogens (tertiary/aromatic N) is 1. The molecule has 3 rings (SSSR count). The van der Waals surface area contributed by atoms with Crippen LogP contribution in [0.4, 0.5) is 5.82 Å². The minimum absolute atomic E-state index is 0.0903. The van der Waals surface area contributed by atoms with Gasteiger partial charge in [-0.1, -0.05) is 36.4 Å². The van der Waals surface area contributed by atoms with Gasteiger partial charge in [-0.3, -0.25) is 14.6 Å². The summed E-state index contributed by atoms with van der Waals surface area (Å²) >= 11 is 0. The summed E-state index contributed by atoms with van der Waals surface area (Å²) in [6, 6.07) is 16.0. The van der Waals surface area contributed by atoms with Crippen LogP contribution in [0.5, 0.6) is 0 Å². The maximum absolute atomic E-state index is 12.6. The Morgan fingerprint density at radius 3 is 2.50 bits per heavy atom. The minimum atomic E-state index is -3.75. The number of carbonyl (C=O) groups excluding carboxylic acids is 1. The van der Waals surface area contributed by atoms with Crippen LogP contribution in [-0.4, -0.2) is 31.1 Å². The molecule has 2 aromatic carbocycles. The van der Waals surface area contributed by atoms with Gasteiger partial charge in [0.15, 0.2) is 5.82 Å². The number of nitrogens with one attached hydrogen (secondary N) is 3. The highest BCUT2D eigenvalue weighted by atomic mass is 32.2. The second-order valence-corrected chi connectivity index (χ2v) is 8.15. The van der Waals surface area contributed by atoms with Gasteiger partial charge in [-0.05, 0) is 36.6 Å². The molecule has 146 valence electrons. The first kappa shape index (κ1) is 19.6. The van der Waals surface area contributed by atoms with Crippen molar-refractivity contribution in [3.63, 3.8) is 0 Å². The van der Waals surface area contributed by atoms with Crippen LogP contribution in [0.2, 0.25) is 0 Å². The molecule has 0 atom stereocenters. The van der Waals surface area contributed by atoms with Crippen LogP contribution in [0.25, 0.3) is 11.3 Å². The topological polar surface area (TPSA) is 104 Å². The van der Waals surface area contributed by atoms with Crippen LogP contribution in [0.15, 0.2) is 59.5 Å². The normalized spacial score (nSPS) is 11.2. The molecular formula is C20H22N4O3S. The van der Waals surface area contributed by atoms with E-state index in [9.17, 15) is 13.2 Å². The highest BCUT2D eigenvalue weighted by Gasteiger charge is 2.16. The molecular weight excluding hydrogens is 376 g/mol. The zero-order valence-corrected chi connectivity index (χ0v) is 16.5. The maximum Gasteiger partial charge on any atom is 0.263 e. The fraction of sp³-hybridized carbons (Fsp3) is 0.200. The highest BCUT2D eigenvalue weighted by Crippen LogP contribution is 2.24. The van der Waals surface area contributed by atoms with Crippen LogP contribution in [-0.2, 0) is 21.2 Å². The van der Waals surface area contributed by atoms with Crippen LogP contribution in [0.3, 0.4) is 0 Å². The zero-order chi connectivity index (χ0) is 20.1. The predicted molar refractivity (Wildman–Crippen MR) is 108 cm³/mol. The van der Waals surface area contributed by atoms with Crippen LogP contribution >= 0.6 is 0 Å². The standard InChI is InChI=1S/C20H22N4O3S/c1-14-5-3-4-6-18(14)19-13-20(23-22-19)24-28(26,27)17-9-7-16(8-10-17)11-12-21-15(2)25/h3-10,13H,11-12H2,1-2H3,(H,21,25)(H2,22,23,24). The molecule has 0 radical (unpaired) electrons. The lowest BCUT2D eigenvalue weighted by Crippen LogP contribution is -2.22. The Balaban J connectivity index is 1.70. The van der Waals surface area contributed by atoms with E-state index in [1.54, 1.807) is 30.3 Å². The molecule has 0 aliphatic rings. The van der Waals surface area contributed by atoms with Gasteiger partial charge < -0.3 is 5.32 Å². The van der Waals surface area contributed by atoms with Gasteiger partial charge in [-0.25, -0.2) is 8.42 Å². The first-order valence-electron chi connectivity index (χ1n) is 8.83. The summed E-state index contributed by atoms with van der Waals surface area (Å²) in [5, 5.41) is 9.64. The summed E-state index contributed by atoms with van der Waals surface area (Å²) < 4.78 is 27.7. The molecule has 0 saturated carbocycles. The fourth-order valence-corrected chi connectivity index (χ4v) is 3.79. The lowest BCUT2D eigenvalue weighted by Gasteiger charge is -2.07.